The van der Waals surface area contributed by atoms with Crippen LogP contribution in [-0.2, 0) is 6.42 Å². The smallest absolute Gasteiger partial charge is 0.291 e. The second-order valence-corrected chi connectivity index (χ2v) is 7.51. The van der Waals surface area contributed by atoms with Crippen LogP contribution in [0.2, 0.25) is 0 Å². The number of nitrogens with zero attached hydrogens (tertiary/aromatic N) is 3. The summed E-state index contributed by atoms with van der Waals surface area (Å²) in [4.78, 5) is 17.6. The summed E-state index contributed by atoms with van der Waals surface area (Å²) in [5.74, 6) is 2.50. The molecule has 26 heavy (non-hydrogen) atoms. The fraction of sp³-hybridized carbons (Fsp3) is 0.421. The maximum atomic E-state index is 12.5. The molecule has 6 nitrogen and oxygen atoms in total. The highest BCUT2D eigenvalue weighted by Gasteiger charge is 2.11. The number of aryl methyl sites for hydroxylation is 1. The van der Waals surface area contributed by atoms with E-state index in [-0.39, 0.29) is 5.56 Å². The van der Waals surface area contributed by atoms with Crippen LogP contribution in [0.25, 0.3) is 11.0 Å². The predicted octanol–water partition coefficient (Wildman–Crippen LogP) is 2.69. The summed E-state index contributed by atoms with van der Waals surface area (Å²) in [7, 11) is 1.61. The monoisotopic (exact) mass is 373 g/mol. The van der Waals surface area contributed by atoms with E-state index in [1.54, 1.807) is 7.11 Å². The number of ether oxygens (including phenoxy) is 2. The van der Waals surface area contributed by atoms with Crippen molar-refractivity contribution in [2.24, 2.45) is 5.92 Å². The lowest BCUT2D eigenvalue weighted by Gasteiger charge is -2.12. The van der Waals surface area contributed by atoms with Gasteiger partial charge in [0, 0.05) is 6.42 Å². The third-order valence-corrected chi connectivity index (χ3v) is 4.72. The molecule has 0 unspecified atom stereocenters. The first-order valence-electron chi connectivity index (χ1n) is 8.72. The predicted molar refractivity (Wildman–Crippen MR) is 103 cm³/mol. The highest BCUT2D eigenvalue weighted by molar-refractivity contribution is 7.15. The quantitative estimate of drug-likeness (QED) is 0.637. The molecule has 0 aliphatic heterocycles. The summed E-state index contributed by atoms with van der Waals surface area (Å²) in [6.45, 7) is 6.88. The van der Waals surface area contributed by atoms with Crippen LogP contribution in [0.1, 0.15) is 38.6 Å². The molecule has 0 amide bonds. The summed E-state index contributed by atoms with van der Waals surface area (Å²) in [6.07, 6.45) is 3.57. The standard InChI is InChI=1S/C19H23N3O3S/c1-5-6-17-20-19-22(21-17)18(23)16(26-19)10-13-7-8-14(15(9-13)24-4)25-11-12(2)3/h7-10,12H,5-6,11H2,1-4H3/b16-10-. The Bertz CT molecular complexity index is 1010. The van der Waals surface area contributed by atoms with Crippen molar-refractivity contribution in [2.75, 3.05) is 13.7 Å². The van der Waals surface area contributed by atoms with Crippen molar-refractivity contribution in [1.82, 2.24) is 14.6 Å². The van der Waals surface area contributed by atoms with Crippen LogP contribution in [0.4, 0.5) is 0 Å². The summed E-state index contributed by atoms with van der Waals surface area (Å²) in [5, 5.41) is 4.29. The molecule has 0 aliphatic carbocycles. The minimum atomic E-state index is -0.140. The largest absolute Gasteiger partial charge is 0.493 e. The van der Waals surface area contributed by atoms with Crippen LogP contribution in [0.15, 0.2) is 23.0 Å². The van der Waals surface area contributed by atoms with Gasteiger partial charge in [0.25, 0.3) is 5.56 Å². The summed E-state index contributed by atoms with van der Waals surface area (Å²) < 4.78 is 13.2. The van der Waals surface area contributed by atoms with Gasteiger partial charge in [-0.3, -0.25) is 4.79 Å². The summed E-state index contributed by atoms with van der Waals surface area (Å²) in [6, 6.07) is 5.65. The number of benzene rings is 1. The zero-order valence-corrected chi connectivity index (χ0v) is 16.3. The Kier molecular flexibility index (Phi) is 5.56. The van der Waals surface area contributed by atoms with Gasteiger partial charge in [-0.25, -0.2) is 4.98 Å². The summed E-state index contributed by atoms with van der Waals surface area (Å²) in [5.41, 5.74) is 0.730. The molecule has 3 rings (SSSR count). The number of rotatable bonds is 7. The number of methoxy groups -OCH3 is 1. The van der Waals surface area contributed by atoms with Gasteiger partial charge in [-0.1, -0.05) is 38.2 Å². The average molecular weight is 373 g/mol. The van der Waals surface area contributed by atoms with Gasteiger partial charge in [-0.05, 0) is 36.1 Å². The van der Waals surface area contributed by atoms with Crippen LogP contribution in [0, 0.1) is 5.92 Å². The third kappa shape index (κ3) is 3.88. The van der Waals surface area contributed by atoms with Crippen molar-refractivity contribution in [3.05, 3.63) is 44.5 Å². The molecule has 7 heteroatoms. The van der Waals surface area contributed by atoms with Crippen LogP contribution in [-0.4, -0.2) is 28.3 Å². The van der Waals surface area contributed by atoms with Crippen molar-refractivity contribution >= 4 is 22.4 Å². The topological polar surface area (TPSA) is 65.7 Å². The fourth-order valence-electron chi connectivity index (χ4n) is 2.50. The van der Waals surface area contributed by atoms with E-state index in [0.29, 0.717) is 33.5 Å². The molecule has 3 aromatic rings. The Morgan fingerprint density at radius 3 is 2.77 bits per heavy atom. The van der Waals surface area contributed by atoms with E-state index >= 15 is 0 Å². The molecule has 0 bridgehead atoms. The first kappa shape index (κ1) is 18.4. The number of thiazole rings is 1. The van der Waals surface area contributed by atoms with Crippen molar-refractivity contribution in [3.8, 4) is 11.5 Å². The van der Waals surface area contributed by atoms with Gasteiger partial charge >= 0.3 is 0 Å². The lowest BCUT2D eigenvalue weighted by molar-refractivity contribution is 0.257. The fourth-order valence-corrected chi connectivity index (χ4v) is 3.43. The molecule has 0 radical (unpaired) electrons. The second kappa shape index (κ2) is 7.86. The van der Waals surface area contributed by atoms with Crippen molar-refractivity contribution < 1.29 is 9.47 Å². The Labute approximate surface area is 156 Å². The normalized spacial score (nSPS) is 12.3. The van der Waals surface area contributed by atoms with Crippen LogP contribution < -0.4 is 19.6 Å². The van der Waals surface area contributed by atoms with Gasteiger partial charge in [-0.15, -0.1) is 5.10 Å². The van der Waals surface area contributed by atoms with E-state index in [1.165, 1.54) is 15.9 Å². The Morgan fingerprint density at radius 1 is 1.31 bits per heavy atom. The molecule has 138 valence electrons. The molecule has 2 aromatic heterocycles. The highest BCUT2D eigenvalue weighted by Crippen LogP contribution is 2.28. The Hall–Kier alpha value is -2.41. The Balaban J connectivity index is 1.94. The molecule has 1 aromatic carbocycles. The van der Waals surface area contributed by atoms with E-state index < -0.39 is 0 Å². The van der Waals surface area contributed by atoms with Gasteiger partial charge in [-0.2, -0.15) is 4.52 Å². The number of hydrogen-bond acceptors (Lipinski definition) is 6. The molecule has 0 N–H and O–H groups in total. The molecule has 0 spiro atoms. The van der Waals surface area contributed by atoms with Crippen molar-refractivity contribution in [2.45, 2.75) is 33.6 Å². The molecule has 0 saturated carbocycles. The maximum Gasteiger partial charge on any atom is 0.291 e. The number of hydrogen-bond donors (Lipinski definition) is 0. The molecular weight excluding hydrogens is 350 g/mol. The zero-order chi connectivity index (χ0) is 18.7. The molecular formula is C19H23N3O3S. The van der Waals surface area contributed by atoms with E-state index in [2.05, 4.69) is 30.9 Å². The third-order valence-electron chi connectivity index (χ3n) is 3.76. The van der Waals surface area contributed by atoms with E-state index in [4.69, 9.17) is 9.47 Å². The van der Waals surface area contributed by atoms with E-state index in [1.807, 2.05) is 24.3 Å². The maximum absolute atomic E-state index is 12.5. The molecule has 0 saturated heterocycles. The lowest BCUT2D eigenvalue weighted by Crippen LogP contribution is -2.23. The Morgan fingerprint density at radius 2 is 2.12 bits per heavy atom. The molecule has 0 aliphatic rings. The van der Waals surface area contributed by atoms with E-state index in [0.717, 1.165) is 24.2 Å². The minimum absolute atomic E-state index is 0.140. The van der Waals surface area contributed by atoms with E-state index in [9.17, 15) is 4.79 Å². The molecule has 0 atom stereocenters. The second-order valence-electron chi connectivity index (χ2n) is 6.50. The van der Waals surface area contributed by atoms with Crippen LogP contribution in [0.3, 0.4) is 0 Å². The summed E-state index contributed by atoms with van der Waals surface area (Å²) >= 11 is 1.35. The molecule has 2 heterocycles. The SMILES string of the molecule is CCCc1nc2s/c(=C\c3ccc(OCC(C)C)c(OC)c3)c(=O)n2n1. The zero-order valence-electron chi connectivity index (χ0n) is 15.5. The van der Waals surface area contributed by atoms with Gasteiger partial charge in [0.05, 0.1) is 18.2 Å². The first-order valence-corrected chi connectivity index (χ1v) is 9.54. The van der Waals surface area contributed by atoms with Gasteiger partial charge in [0.1, 0.15) is 0 Å². The first-order chi connectivity index (χ1) is 12.5. The highest BCUT2D eigenvalue weighted by atomic mass is 32.1. The lowest BCUT2D eigenvalue weighted by atomic mass is 10.2. The van der Waals surface area contributed by atoms with Gasteiger partial charge < -0.3 is 9.47 Å². The minimum Gasteiger partial charge on any atom is -0.493 e. The van der Waals surface area contributed by atoms with Crippen LogP contribution in [0.5, 0.6) is 11.5 Å². The van der Waals surface area contributed by atoms with Crippen molar-refractivity contribution in [1.29, 1.82) is 0 Å². The van der Waals surface area contributed by atoms with Crippen LogP contribution >= 0.6 is 11.3 Å². The number of aromatic nitrogens is 3. The van der Waals surface area contributed by atoms with Gasteiger partial charge in [0.2, 0.25) is 4.96 Å². The number of fused-ring (bicyclic) bond motifs is 1. The van der Waals surface area contributed by atoms with Gasteiger partial charge in [0.15, 0.2) is 17.3 Å². The average Bonchev–Trinajstić information content (AvgIpc) is 3.13. The van der Waals surface area contributed by atoms with Crippen molar-refractivity contribution in [3.63, 3.8) is 0 Å². The molecule has 0 fully saturated rings.